The number of anilines is 2. The first-order valence-electron chi connectivity index (χ1n) is 14.0. The van der Waals surface area contributed by atoms with Gasteiger partial charge in [0, 0.05) is 38.3 Å². The molecule has 1 aromatic heterocycles. The molecule has 1 fully saturated rings. The van der Waals surface area contributed by atoms with Gasteiger partial charge < -0.3 is 4.74 Å². The third-order valence-electron chi connectivity index (χ3n) is 7.78. The lowest BCUT2D eigenvalue weighted by atomic mass is 10.1. The van der Waals surface area contributed by atoms with Crippen molar-refractivity contribution in [1.29, 1.82) is 0 Å². The number of benzene rings is 3. The van der Waals surface area contributed by atoms with E-state index >= 15 is 0 Å². The summed E-state index contributed by atoms with van der Waals surface area (Å²) < 4.78 is 35.0. The summed E-state index contributed by atoms with van der Waals surface area (Å²) in [6, 6.07) is 18.1. The van der Waals surface area contributed by atoms with Crippen LogP contribution in [0.5, 0.6) is 0 Å². The fraction of sp³-hybridized carbons (Fsp3) is 0.355. The second-order valence-corrected chi connectivity index (χ2v) is 13.5. The number of aromatic nitrogens is 1. The van der Waals surface area contributed by atoms with E-state index in [1.807, 2.05) is 31.2 Å². The number of rotatable bonds is 8. The first-order chi connectivity index (χ1) is 19.8. The summed E-state index contributed by atoms with van der Waals surface area (Å²) in [5, 5.41) is 0.658. The zero-order valence-corrected chi connectivity index (χ0v) is 26.2. The van der Waals surface area contributed by atoms with Crippen LogP contribution >= 0.6 is 23.7 Å². The van der Waals surface area contributed by atoms with Crippen LogP contribution in [0.15, 0.2) is 65.6 Å². The molecule has 11 heteroatoms. The molecule has 3 aromatic carbocycles. The first-order valence-corrected chi connectivity index (χ1v) is 16.3. The van der Waals surface area contributed by atoms with Gasteiger partial charge in [0.25, 0.3) is 15.9 Å². The van der Waals surface area contributed by atoms with Crippen LogP contribution in [-0.4, -0.2) is 70.1 Å². The summed E-state index contributed by atoms with van der Waals surface area (Å²) in [7, 11) is -3.74. The average molecular weight is 627 g/mol. The van der Waals surface area contributed by atoms with E-state index in [2.05, 4.69) is 24.0 Å². The summed E-state index contributed by atoms with van der Waals surface area (Å²) in [5.41, 5.74) is 5.35. The number of nitrogens with zero attached hydrogens (tertiary/aromatic N) is 4. The van der Waals surface area contributed by atoms with Crippen LogP contribution in [0.1, 0.15) is 33.5 Å². The predicted octanol–water partition coefficient (Wildman–Crippen LogP) is 5.46. The monoisotopic (exact) mass is 626 g/mol. The molecule has 3 heterocycles. The predicted molar refractivity (Wildman–Crippen MR) is 171 cm³/mol. The quantitative estimate of drug-likeness (QED) is 0.259. The van der Waals surface area contributed by atoms with E-state index in [1.165, 1.54) is 15.6 Å². The molecule has 1 amide bonds. The van der Waals surface area contributed by atoms with Crippen LogP contribution < -0.4 is 9.21 Å². The minimum atomic E-state index is -3.74. The fourth-order valence-corrected chi connectivity index (χ4v) is 8.20. The maximum Gasteiger partial charge on any atom is 0.264 e. The van der Waals surface area contributed by atoms with E-state index in [0.29, 0.717) is 30.2 Å². The molecule has 0 bridgehead atoms. The highest BCUT2D eigenvalue weighted by atomic mass is 35.5. The summed E-state index contributed by atoms with van der Waals surface area (Å²) in [6.45, 7) is 9.16. The normalized spacial score (nSPS) is 15.4. The van der Waals surface area contributed by atoms with Gasteiger partial charge in [-0.15, -0.1) is 12.4 Å². The lowest BCUT2D eigenvalue weighted by Crippen LogP contribution is -2.39. The minimum Gasteiger partial charge on any atom is -0.379 e. The molecule has 2 aliphatic heterocycles. The number of para-hydroxylation sites is 1. The largest absolute Gasteiger partial charge is 0.379 e. The Balaban J connectivity index is 0.00000353. The summed E-state index contributed by atoms with van der Waals surface area (Å²) >= 11 is 1.53. The number of ether oxygens (including phenoxy) is 1. The first kappa shape index (κ1) is 30.4. The molecule has 0 unspecified atom stereocenters. The number of morpholine rings is 1. The number of fused-ring (bicyclic) bond motifs is 2. The van der Waals surface area contributed by atoms with Gasteiger partial charge in [0.05, 0.1) is 34.0 Å². The number of thiazole rings is 1. The van der Waals surface area contributed by atoms with Gasteiger partial charge in [-0.05, 0) is 79.8 Å². The number of amides is 1. The summed E-state index contributed by atoms with van der Waals surface area (Å²) in [4.78, 5) is 23.1. The third kappa shape index (κ3) is 6.05. The number of carbonyl (C=O) groups is 1. The fourth-order valence-electron chi connectivity index (χ4n) is 5.65. The molecule has 0 atom stereocenters. The average Bonchev–Trinajstić information content (AvgIpc) is 3.61. The van der Waals surface area contributed by atoms with E-state index in [9.17, 15) is 13.2 Å². The van der Waals surface area contributed by atoms with Crippen molar-refractivity contribution in [3.63, 3.8) is 0 Å². The van der Waals surface area contributed by atoms with Crippen molar-refractivity contribution in [2.75, 3.05) is 55.1 Å². The summed E-state index contributed by atoms with van der Waals surface area (Å²) in [6.07, 6.45) is 1.48. The topological polar surface area (TPSA) is 83.0 Å². The number of hydrogen-bond acceptors (Lipinski definition) is 7. The van der Waals surface area contributed by atoms with Gasteiger partial charge in [0.2, 0.25) is 0 Å². The Labute approximate surface area is 257 Å². The van der Waals surface area contributed by atoms with Crippen molar-refractivity contribution in [3.8, 4) is 0 Å². The van der Waals surface area contributed by atoms with Crippen LogP contribution in [-0.2, 0) is 21.2 Å². The Kier molecular flexibility index (Phi) is 9.20. The Morgan fingerprint density at radius 3 is 2.52 bits per heavy atom. The number of carbonyl (C=O) groups excluding carboxylic acids is 1. The van der Waals surface area contributed by atoms with Crippen LogP contribution in [0.4, 0.5) is 10.8 Å². The van der Waals surface area contributed by atoms with Gasteiger partial charge in [-0.25, -0.2) is 13.4 Å². The van der Waals surface area contributed by atoms with Crippen molar-refractivity contribution in [3.05, 3.63) is 82.9 Å². The minimum absolute atomic E-state index is 0. The highest BCUT2D eigenvalue weighted by Gasteiger charge is 2.31. The number of halogens is 1. The molecule has 0 saturated carbocycles. The number of aryl methyl sites for hydroxylation is 2. The van der Waals surface area contributed by atoms with Crippen molar-refractivity contribution < 1.29 is 17.9 Å². The van der Waals surface area contributed by atoms with Crippen molar-refractivity contribution in [2.45, 2.75) is 31.6 Å². The number of hydrogen-bond donors (Lipinski definition) is 0. The standard InChI is InChI=1S/C31H34N4O4S2.ClH/c1-22-20-23(2)29-27(21-22)32-31(40-29)34(14-5-13-33-16-18-39-19-17-33)30(36)25-8-10-26(11-9-25)41(37,38)35-15-12-24-6-3-4-7-28(24)35;/h3-4,6-11,20-21H,5,12-19H2,1-2H3;1H. The van der Waals surface area contributed by atoms with E-state index in [4.69, 9.17) is 9.72 Å². The second kappa shape index (κ2) is 12.7. The zero-order chi connectivity index (χ0) is 28.6. The van der Waals surface area contributed by atoms with Gasteiger partial charge in [0.1, 0.15) is 0 Å². The Bertz CT molecular complexity index is 1690. The van der Waals surface area contributed by atoms with Gasteiger partial charge >= 0.3 is 0 Å². The maximum absolute atomic E-state index is 13.9. The van der Waals surface area contributed by atoms with Gasteiger partial charge in [-0.1, -0.05) is 35.6 Å². The molecule has 2 aliphatic rings. The molecule has 42 heavy (non-hydrogen) atoms. The molecular formula is C31H35ClN4O4S2. The van der Waals surface area contributed by atoms with Gasteiger partial charge in [-0.3, -0.25) is 18.9 Å². The van der Waals surface area contributed by atoms with Crippen molar-refractivity contribution >= 4 is 60.7 Å². The molecule has 1 saturated heterocycles. The Morgan fingerprint density at radius 1 is 1.02 bits per heavy atom. The lowest BCUT2D eigenvalue weighted by Gasteiger charge is -2.27. The van der Waals surface area contributed by atoms with E-state index in [-0.39, 0.29) is 23.2 Å². The molecule has 6 rings (SSSR count). The molecule has 0 N–H and O–H groups in total. The molecule has 222 valence electrons. The van der Waals surface area contributed by atoms with Crippen molar-refractivity contribution in [1.82, 2.24) is 9.88 Å². The van der Waals surface area contributed by atoms with E-state index < -0.39 is 10.0 Å². The highest BCUT2D eigenvalue weighted by Crippen LogP contribution is 2.34. The van der Waals surface area contributed by atoms with Crippen LogP contribution in [0, 0.1) is 13.8 Å². The smallest absolute Gasteiger partial charge is 0.264 e. The lowest BCUT2D eigenvalue weighted by molar-refractivity contribution is 0.0376. The molecule has 4 aromatic rings. The molecule has 8 nitrogen and oxygen atoms in total. The number of sulfonamides is 1. The van der Waals surface area contributed by atoms with Gasteiger partial charge in [-0.2, -0.15) is 0 Å². The van der Waals surface area contributed by atoms with E-state index in [1.54, 1.807) is 29.2 Å². The molecular weight excluding hydrogens is 592 g/mol. The van der Waals surface area contributed by atoms with Crippen LogP contribution in [0.3, 0.4) is 0 Å². The van der Waals surface area contributed by atoms with Gasteiger partial charge in [0.15, 0.2) is 5.13 Å². The third-order valence-corrected chi connectivity index (χ3v) is 10.8. The SMILES string of the molecule is Cc1cc(C)c2sc(N(CCCN3CCOCC3)C(=O)c3ccc(S(=O)(=O)N4CCc5ccccc54)cc3)nc2c1.Cl. The van der Waals surface area contributed by atoms with Crippen molar-refractivity contribution in [2.24, 2.45) is 0 Å². The highest BCUT2D eigenvalue weighted by molar-refractivity contribution is 7.92. The molecule has 0 spiro atoms. The molecule has 0 radical (unpaired) electrons. The Morgan fingerprint density at radius 2 is 1.76 bits per heavy atom. The maximum atomic E-state index is 13.9. The second-order valence-electron chi connectivity index (χ2n) is 10.7. The summed E-state index contributed by atoms with van der Waals surface area (Å²) in [5.74, 6) is -0.184. The van der Waals surface area contributed by atoms with Crippen LogP contribution in [0.25, 0.3) is 10.2 Å². The Hall–Kier alpha value is -3.02. The zero-order valence-electron chi connectivity index (χ0n) is 23.8. The van der Waals surface area contributed by atoms with Crippen LogP contribution in [0.2, 0.25) is 0 Å². The van der Waals surface area contributed by atoms with E-state index in [0.717, 1.165) is 71.9 Å². The molecule has 0 aliphatic carbocycles.